The van der Waals surface area contributed by atoms with Crippen LogP contribution in [0.2, 0.25) is 0 Å². The molecule has 1 unspecified atom stereocenters. The Morgan fingerprint density at radius 3 is 2.37 bits per heavy atom. The van der Waals surface area contributed by atoms with Crippen LogP contribution in [0.15, 0.2) is 94.4 Å². The number of ether oxygens (including phenoxy) is 2. The van der Waals surface area contributed by atoms with Gasteiger partial charge in [-0.15, -0.1) is 11.8 Å². The number of benzene rings is 3. The summed E-state index contributed by atoms with van der Waals surface area (Å²) in [5.74, 6) is -1.29. The molecule has 2 aliphatic rings. The van der Waals surface area contributed by atoms with Gasteiger partial charge in [-0.25, -0.2) is 13.2 Å². The minimum Gasteiger partial charge on any atom is -0.497 e. The van der Waals surface area contributed by atoms with E-state index in [1.54, 1.807) is 42.5 Å². The number of methoxy groups -OCH3 is 1. The third-order valence-corrected chi connectivity index (χ3v) is 11.3. The summed E-state index contributed by atoms with van der Waals surface area (Å²) >= 11 is 3.10. The summed E-state index contributed by atoms with van der Waals surface area (Å²) in [6.07, 6.45) is 0.0840. The molecule has 3 aromatic carbocycles. The molecule has 2 aliphatic heterocycles. The first-order valence-electron chi connectivity index (χ1n) is 12.5. The van der Waals surface area contributed by atoms with Gasteiger partial charge in [-0.1, -0.05) is 54.6 Å². The summed E-state index contributed by atoms with van der Waals surface area (Å²) in [7, 11) is -2.62. The van der Waals surface area contributed by atoms with Gasteiger partial charge in [0.25, 0.3) is 5.91 Å². The molecule has 2 atom stereocenters. The van der Waals surface area contributed by atoms with E-state index in [4.69, 9.17) is 9.47 Å². The maximum atomic E-state index is 13.8. The van der Waals surface area contributed by atoms with Crippen LogP contribution in [0.5, 0.6) is 5.75 Å². The molecule has 0 radical (unpaired) electrons. The maximum Gasteiger partial charge on any atom is 0.356 e. The van der Waals surface area contributed by atoms with Gasteiger partial charge in [0.05, 0.1) is 23.3 Å². The van der Waals surface area contributed by atoms with Crippen molar-refractivity contribution in [1.29, 1.82) is 0 Å². The van der Waals surface area contributed by atoms with E-state index >= 15 is 0 Å². The van der Waals surface area contributed by atoms with Crippen molar-refractivity contribution >= 4 is 62.0 Å². The molecule has 1 fully saturated rings. The lowest BCUT2D eigenvalue weighted by atomic mass is 10.0. The van der Waals surface area contributed by atoms with E-state index < -0.39 is 33.1 Å². The second-order valence-electron chi connectivity index (χ2n) is 9.25. The fourth-order valence-corrected chi connectivity index (χ4v) is 9.09. The predicted molar refractivity (Wildman–Crippen MR) is 161 cm³/mol. The number of hydrogen-bond donors (Lipinski definition) is 1. The highest BCUT2D eigenvalue weighted by Gasteiger charge is 2.56. The molecule has 0 aliphatic carbocycles. The van der Waals surface area contributed by atoms with Crippen LogP contribution >= 0.6 is 34.4 Å². The molecule has 41 heavy (non-hydrogen) atoms. The quantitative estimate of drug-likeness (QED) is 0.204. The zero-order chi connectivity index (χ0) is 29.1. The highest BCUT2D eigenvalue weighted by molar-refractivity contribution is 14.1. The van der Waals surface area contributed by atoms with Crippen LogP contribution in [0.3, 0.4) is 0 Å². The van der Waals surface area contributed by atoms with Crippen molar-refractivity contribution in [2.45, 2.75) is 29.3 Å². The number of nitrogens with one attached hydrogen (secondary N) is 1. The van der Waals surface area contributed by atoms with Crippen LogP contribution in [0.1, 0.15) is 11.1 Å². The number of carbonyl (C=O) groups is 3. The number of carbonyl (C=O) groups excluding carboxylic acids is 3. The van der Waals surface area contributed by atoms with E-state index in [0.29, 0.717) is 14.9 Å². The second-order valence-corrected chi connectivity index (χ2v) is 13.5. The number of fused-ring (bicyclic) bond motifs is 1. The average molecular weight is 705 g/mol. The topological polar surface area (TPSA) is 119 Å². The van der Waals surface area contributed by atoms with E-state index in [0.717, 1.165) is 10.5 Å². The zero-order valence-electron chi connectivity index (χ0n) is 21.8. The zero-order valence-corrected chi connectivity index (χ0v) is 25.6. The van der Waals surface area contributed by atoms with Gasteiger partial charge in [0.1, 0.15) is 29.5 Å². The number of rotatable bonds is 9. The molecule has 2 heterocycles. The van der Waals surface area contributed by atoms with Gasteiger partial charge >= 0.3 is 5.97 Å². The summed E-state index contributed by atoms with van der Waals surface area (Å²) in [5.41, 5.74) is 1.13. The number of halogens is 1. The molecule has 12 heteroatoms. The summed E-state index contributed by atoms with van der Waals surface area (Å²) in [5, 5.41) is 2.09. The number of amides is 2. The smallest absolute Gasteiger partial charge is 0.356 e. The Kier molecular flexibility index (Phi) is 8.71. The largest absolute Gasteiger partial charge is 0.497 e. The van der Waals surface area contributed by atoms with Gasteiger partial charge < -0.3 is 14.8 Å². The predicted octanol–water partition coefficient (Wildman–Crippen LogP) is 3.67. The molecular weight excluding hydrogens is 679 g/mol. The van der Waals surface area contributed by atoms with Crippen molar-refractivity contribution in [3.8, 4) is 5.75 Å². The third kappa shape index (κ3) is 5.99. The lowest BCUT2D eigenvalue weighted by Crippen LogP contribution is -2.70. The number of nitrogens with zero attached hydrogens (tertiary/aromatic N) is 1. The van der Waals surface area contributed by atoms with Gasteiger partial charge in [-0.2, -0.15) is 0 Å². The molecule has 212 valence electrons. The summed E-state index contributed by atoms with van der Waals surface area (Å²) in [6.45, 7) is -0.139. The lowest BCUT2D eigenvalue weighted by Gasteiger charge is -2.49. The van der Waals surface area contributed by atoms with Gasteiger partial charge in [0.15, 0.2) is 0 Å². The molecule has 0 spiro atoms. The SMILES string of the molecule is COc1ccc(COC(=O)C2=C(S(=O)(=O)c3ccccc3I)CSC3[C@H](NC(=O)Cc4ccccc4)C(=O)N23)cc1. The molecule has 0 bridgehead atoms. The highest BCUT2D eigenvalue weighted by Crippen LogP contribution is 2.44. The van der Waals surface area contributed by atoms with E-state index in [1.165, 1.54) is 24.9 Å². The van der Waals surface area contributed by atoms with Gasteiger partial charge in [-0.05, 0) is 58.0 Å². The van der Waals surface area contributed by atoms with Crippen LogP contribution in [0, 0.1) is 3.57 Å². The molecule has 0 aromatic heterocycles. The second kappa shape index (κ2) is 12.2. The van der Waals surface area contributed by atoms with Crippen molar-refractivity contribution in [1.82, 2.24) is 10.2 Å². The third-order valence-electron chi connectivity index (χ3n) is 6.63. The summed E-state index contributed by atoms with van der Waals surface area (Å²) in [6, 6.07) is 21.5. The van der Waals surface area contributed by atoms with Crippen LogP contribution < -0.4 is 10.1 Å². The van der Waals surface area contributed by atoms with Crippen LogP contribution in [-0.2, 0) is 42.0 Å². The molecule has 3 aromatic rings. The molecule has 2 amide bonds. The molecular formula is C29H25IN2O7S2. The van der Waals surface area contributed by atoms with Crippen molar-refractivity contribution < 1.29 is 32.3 Å². The summed E-state index contributed by atoms with van der Waals surface area (Å²) < 4.78 is 38.8. The minimum absolute atomic E-state index is 0.0378. The van der Waals surface area contributed by atoms with Gasteiger partial charge in [0.2, 0.25) is 15.7 Å². The number of esters is 1. The monoisotopic (exact) mass is 704 g/mol. The van der Waals surface area contributed by atoms with Gasteiger partial charge in [0, 0.05) is 9.32 Å². The van der Waals surface area contributed by atoms with Gasteiger partial charge in [-0.3, -0.25) is 14.5 Å². The first-order valence-corrected chi connectivity index (χ1v) is 16.1. The maximum absolute atomic E-state index is 13.8. The van der Waals surface area contributed by atoms with E-state index in [1.807, 2.05) is 52.9 Å². The number of β-lactam (4-membered cyclic amide) rings is 1. The fraction of sp³-hybridized carbons (Fsp3) is 0.207. The minimum atomic E-state index is -4.15. The molecule has 9 nitrogen and oxygen atoms in total. The van der Waals surface area contributed by atoms with Crippen LogP contribution in [0.25, 0.3) is 0 Å². The van der Waals surface area contributed by atoms with Crippen molar-refractivity contribution in [3.05, 3.63) is 104 Å². The van der Waals surface area contributed by atoms with E-state index in [-0.39, 0.29) is 40.2 Å². The first kappa shape index (κ1) is 29.1. The van der Waals surface area contributed by atoms with E-state index in [9.17, 15) is 22.8 Å². The molecule has 0 saturated carbocycles. The fourth-order valence-electron chi connectivity index (χ4n) is 4.53. The van der Waals surface area contributed by atoms with Crippen LogP contribution in [-0.4, -0.2) is 55.4 Å². The van der Waals surface area contributed by atoms with Crippen LogP contribution in [0.4, 0.5) is 0 Å². The van der Waals surface area contributed by atoms with E-state index in [2.05, 4.69) is 5.32 Å². The normalized spacial score (nSPS) is 18.3. The first-order chi connectivity index (χ1) is 19.7. The molecule has 5 rings (SSSR count). The Morgan fingerprint density at radius 2 is 1.68 bits per heavy atom. The van der Waals surface area contributed by atoms with Crippen molar-refractivity contribution in [2.24, 2.45) is 0 Å². The Labute approximate surface area is 255 Å². The number of hydrogen-bond acceptors (Lipinski definition) is 8. The Bertz CT molecular complexity index is 1630. The van der Waals surface area contributed by atoms with Crippen molar-refractivity contribution in [3.63, 3.8) is 0 Å². The standard InChI is InChI=1S/C29H25IN2O7S2/c1-38-20-13-11-19(12-14-20)16-39-29(35)26-23(41(36,37)22-10-6-5-9-21(22)30)17-40-28-25(27(34)32(26)28)31-24(33)15-18-7-3-2-4-8-18/h2-14,25,28H,15-17H2,1H3,(H,31,33)/t25-,28?/m1/s1. The molecule has 1 saturated heterocycles. The highest BCUT2D eigenvalue weighted by atomic mass is 127. The summed E-state index contributed by atoms with van der Waals surface area (Å²) in [4.78, 5) is 40.6. The Morgan fingerprint density at radius 1 is 1.00 bits per heavy atom. The lowest BCUT2D eigenvalue weighted by molar-refractivity contribution is -0.153. The Hall–Kier alpha value is -3.36. The molecule has 1 N–H and O–H groups in total. The number of sulfone groups is 1. The average Bonchev–Trinajstić information content (AvgIpc) is 2.98. The Balaban J connectivity index is 1.43. The van der Waals surface area contributed by atoms with Crippen molar-refractivity contribution in [2.75, 3.05) is 12.9 Å². The number of thioether (sulfide) groups is 1.